The highest BCUT2D eigenvalue weighted by atomic mass is 31.2. The maximum absolute atomic E-state index is 12.8. The topological polar surface area (TPSA) is 108 Å². The van der Waals surface area contributed by atoms with Crippen molar-refractivity contribution < 1.29 is 42.1 Å². The molecule has 0 aromatic heterocycles. The predicted octanol–water partition coefficient (Wildman–Crippen LogP) is 20.3. The van der Waals surface area contributed by atoms with Crippen LogP contribution in [0.25, 0.3) is 0 Å². The van der Waals surface area contributed by atoms with Gasteiger partial charge in [0.2, 0.25) is 0 Å². The molecule has 0 spiro atoms. The summed E-state index contributed by atoms with van der Waals surface area (Å²) in [6.07, 6.45) is 74.6. The average molecular weight is 1090 g/mol. The van der Waals surface area contributed by atoms with E-state index in [0.29, 0.717) is 17.4 Å². The Kier molecular flexibility index (Phi) is 55.7. The van der Waals surface area contributed by atoms with Gasteiger partial charge in [0, 0.05) is 12.8 Å². The van der Waals surface area contributed by atoms with Crippen LogP contribution in [0.2, 0.25) is 0 Å². The summed E-state index contributed by atoms with van der Waals surface area (Å²) in [5.41, 5.74) is 0. The average Bonchev–Trinajstić information content (AvgIpc) is 3.38. The van der Waals surface area contributed by atoms with Crippen LogP contribution in [-0.4, -0.2) is 74.9 Å². The summed E-state index contributed by atoms with van der Waals surface area (Å²) in [6.45, 7) is 4.34. The van der Waals surface area contributed by atoms with Gasteiger partial charge in [-0.1, -0.05) is 267 Å². The molecular weight excluding hydrogens is 966 g/mol. The lowest BCUT2D eigenvalue weighted by Gasteiger charge is -2.24. The Labute approximate surface area is 470 Å². The molecule has 444 valence electrons. The molecule has 0 aromatic carbocycles. The fraction of sp³-hybridized carbons (Fsp3) is 0.818. The maximum Gasteiger partial charge on any atom is 0.472 e. The number of unbranched alkanes of at least 4 members (excludes halogenated alkanes) is 35. The number of hydrogen-bond acceptors (Lipinski definition) is 7. The number of hydrogen-bond donors (Lipinski definition) is 1. The summed E-state index contributed by atoms with van der Waals surface area (Å²) in [4.78, 5) is 35.7. The second-order valence-corrected chi connectivity index (χ2v) is 24.2. The number of nitrogens with zero attached hydrogens (tertiary/aromatic N) is 1. The van der Waals surface area contributed by atoms with Gasteiger partial charge in [0.1, 0.15) is 19.8 Å². The van der Waals surface area contributed by atoms with E-state index in [9.17, 15) is 19.0 Å². The zero-order valence-corrected chi connectivity index (χ0v) is 51.4. The Morgan fingerprint density at radius 3 is 1.13 bits per heavy atom. The molecular formula is C66H123NO8P+. The van der Waals surface area contributed by atoms with E-state index in [1.165, 1.54) is 180 Å². The zero-order valence-electron chi connectivity index (χ0n) is 50.5. The molecule has 10 heteroatoms. The van der Waals surface area contributed by atoms with Crippen molar-refractivity contribution in [2.75, 3.05) is 47.5 Å². The number of likely N-dealkylation sites (N-methyl/N-ethyl adjacent to an activating group) is 1. The molecule has 0 saturated heterocycles. The highest BCUT2D eigenvalue weighted by molar-refractivity contribution is 7.47. The molecule has 0 saturated carbocycles. The number of carbonyl (C=O) groups excluding carboxylic acids is 2. The molecule has 0 radical (unpaired) electrons. The van der Waals surface area contributed by atoms with Gasteiger partial charge in [0.15, 0.2) is 6.10 Å². The number of carbonyl (C=O) groups is 2. The standard InChI is InChI=1S/C66H122NO8P/c1-6-8-10-12-14-16-18-20-22-24-26-27-28-29-30-31-32-33-34-35-36-37-38-39-41-42-44-46-48-50-52-54-56-58-65(68)72-62-64(63-74-76(70,71)73-61-60-67(3,4)5)75-66(69)59-57-55-53-51-49-47-45-43-40-25-23-21-19-17-15-13-11-9-7-2/h9,11,15,17,21,23-24,26,40,43,64H,6-8,10,12-14,16,18-20,22,25,27-39,41-42,44-63H2,1-5H3/p+1/b11-9-,17-15-,23-21-,26-24-,43-40-. The molecule has 0 rings (SSSR count). The number of rotatable bonds is 59. The second kappa shape index (κ2) is 57.4. The molecule has 2 unspecified atom stereocenters. The summed E-state index contributed by atoms with van der Waals surface area (Å²) in [7, 11) is 1.47. The molecule has 0 aliphatic rings. The molecule has 1 N–H and O–H groups in total. The Bertz CT molecular complexity index is 1470. The fourth-order valence-electron chi connectivity index (χ4n) is 9.12. The van der Waals surface area contributed by atoms with Crippen LogP contribution in [0.15, 0.2) is 60.8 Å². The highest BCUT2D eigenvalue weighted by Crippen LogP contribution is 2.43. The molecule has 0 fully saturated rings. The first-order valence-electron chi connectivity index (χ1n) is 32.0. The van der Waals surface area contributed by atoms with Gasteiger partial charge in [-0.3, -0.25) is 18.6 Å². The van der Waals surface area contributed by atoms with Crippen molar-refractivity contribution in [3.05, 3.63) is 60.8 Å². The van der Waals surface area contributed by atoms with Gasteiger partial charge < -0.3 is 18.9 Å². The van der Waals surface area contributed by atoms with Gasteiger partial charge >= 0.3 is 19.8 Å². The first kappa shape index (κ1) is 73.7. The second-order valence-electron chi connectivity index (χ2n) is 22.8. The van der Waals surface area contributed by atoms with Crippen molar-refractivity contribution in [2.45, 2.75) is 302 Å². The van der Waals surface area contributed by atoms with Gasteiger partial charge in [-0.05, 0) is 77.0 Å². The molecule has 0 aliphatic heterocycles. The van der Waals surface area contributed by atoms with E-state index in [-0.39, 0.29) is 32.0 Å². The minimum absolute atomic E-state index is 0.0278. The van der Waals surface area contributed by atoms with Gasteiger partial charge in [-0.15, -0.1) is 0 Å². The van der Waals surface area contributed by atoms with Crippen LogP contribution in [0.3, 0.4) is 0 Å². The van der Waals surface area contributed by atoms with Gasteiger partial charge in [-0.25, -0.2) is 4.57 Å². The molecule has 0 heterocycles. The monoisotopic (exact) mass is 1090 g/mol. The van der Waals surface area contributed by atoms with Crippen LogP contribution in [0.4, 0.5) is 0 Å². The lowest BCUT2D eigenvalue weighted by molar-refractivity contribution is -0.870. The third kappa shape index (κ3) is 60.9. The van der Waals surface area contributed by atoms with Crippen LogP contribution in [0.5, 0.6) is 0 Å². The summed E-state index contributed by atoms with van der Waals surface area (Å²) < 4.78 is 34.6. The van der Waals surface area contributed by atoms with Gasteiger partial charge in [0.05, 0.1) is 27.7 Å². The molecule has 76 heavy (non-hydrogen) atoms. The van der Waals surface area contributed by atoms with Crippen molar-refractivity contribution >= 4 is 19.8 Å². The van der Waals surface area contributed by atoms with Crippen LogP contribution in [0.1, 0.15) is 296 Å². The number of phosphoric ester groups is 1. The zero-order chi connectivity index (χ0) is 55.6. The van der Waals surface area contributed by atoms with Crippen LogP contribution < -0.4 is 0 Å². The van der Waals surface area contributed by atoms with Crippen LogP contribution in [0, 0.1) is 0 Å². The number of phosphoric acid groups is 1. The Morgan fingerprint density at radius 1 is 0.421 bits per heavy atom. The van der Waals surface area contributed by atoms with Crippen molar-refractivity contribution in [2.24, 2.45) is 0 Å². The Morgan fingerprint density at radius 2 is 0.750 bits per heavy atom. The summed E-state index contributed by atoms with van der Waals surface area (Å²) in [6, 6.07) is 0. The number of quaternary nitrogens is 1. The SMILES string of the molecule is CC/C=C\C/C=C\C/C=C\C/C=C\CCCCCCCCC(=O)OC(COC(=O)CCCCCCCCCCCCCCCCCCCCCCC/C=C\CCCCCCCCCC)COP(=O)(O)OCC[N+](C)(C)C. The number of esters is 2. The lowest BCUT2D eigenvalue weighted by Crippen LogP contribution is -2.37. The smallest absolute Gasteiger partial charge is 0.462 e. The lowest BCUT2D eigenvalue weighted by atomic mass is 10.0. The van der Waals surface area contributed by atoms with E-state index in [1.807, 2.05) is 21.1 Å². The van der Waals surface area contributed by atoms with Crippen LogP contribution in [-0.2, 0) is 32.7 Å². The predicted molar refractivity (Wildman–Crippen MR) is 326 cm³/mol. The van der Waals surface area contributed by atoms with E-state index >= 15 is 0 Å². The quantitative estimate of drug-likeness (QED) is 0.0211. The molecule has 0 aliphatic carbocycles. The van der Waals surface area contributed by atoms with Gasteiger partial charge in [0.25, 0.3) is 0 Å². The molecule has 2 atom stereocenters. The molecule has 0 amide bonds. The third-order valence-electron chi connectivity index (χ3n) is 14.0. The first-order valence-corrected chi connectivity index (χ1v) is 33.5. The summed E-state index contributed by atoms with van der Waals surface area (Å²) >= 11 is 0. The molecule has 0 aromatic rings. The van der Waals surface area contributed by atoms with E-state index in [4.69, 9.17) is 18.5 Å². The fourth-order valence-corrected chi connectivity index (χ4v) is 9.86. The van der Waals surface area contributed by atoms with Crippen molar-refractivity contribution in [1.29, 1.82) is 0 Å². The number of allylic oxidation sites excluding steroid dienone is 10. The minimum atomic E-state index is -4.39. The van der Waals surface area contributed by atoms with Crippen molar-refractivity contribution in [1.82, 2.24) is 0 Å². The molecule has 0 bridgehead atoms. The Hall–Kier alpha value is -2.29. The van der Waals surface area contributed by atoms with Gasteiger partial charge in [-0.2, -0.15) is 0 Å². The summed E-state index contributed by atoms with van der Waals surface area (Å²) in [5.74, 6) is -0.804. The summed E-state index contributed by atoms with van der Waals surface area (Å²) in [5, 5.41) is 0. The largest absolute Gasteiger partial charge is 0.472 e. The minimum Gasteiger partial charge on any atom is -0.462 e. The van der Waals surface area contributed by atoms with Crippen molar-refractivity contribution in [3.63, 3.8) is 0 Å². The number of ether oxygens (including phenoxy) is 2. The Balaban J connectivity index is 4.01. The van der Waals surface area contributed by atoms with Crippen LogP contribution >= 0.6 is 7.82 Å². The van der Waals surface area contributed by atoms with E-state index in [0.717, 1.165) is 83.5 Å². The third-order valence-corrected chi connectivity index (χ3v) is 15.0. The molecule has 9 nitrogen and oxygen atoms in total. The first-order chi connectivity index (χ1) is 37.0. The van der Waals surface area contributed by atoms with Crippen molar-refractivity contribution in [3.8, 4) is 0 Å². The maximum atomic E-state index is 12.8. The van der Waals surface area contributed by atoms with E-state index in [2.05, 4.69) is 74.6 Å². The van der Waals surface area contributed by atoms with E-state index < -0.39 is 26.5 Å². The normalized spacial score (nSPS) is 13.6. The van der Waals surface area contributed by atoms with E-state index in [1.54, 1.807) is 0 Å². The highest BCUT2D eigenvalue weighted by Gasteiger charge is 2.27.